The molecule has 1 aliphatic heterocycles. The summed E-state index contributed by atoms with van der Waals surface area (Å²) in [7, 11) is 5.80. The van der Waals surface area contributed by atoms with E-state index in [1.807, 2.05) is 4.57 Å². The lowest BCUT2D eigenvalue weighted by atomic mass is 9.91. The average molecular weight is 658 g/mol. The molecule has 13 heteroatoms. The average Bonchev–Trinajstić information content (AvgIpc) is 3.40. The topological polar surface area (TPSA) is 151 Å². The van der Waals surface area contributed by atoms with Crippen molar-refractivity contribution in [3.8, 4) is 62.6 Å². The van der Waals surface area contributed by atoms with E-state index in [0.717, 1.165) is 0 Å². The Labute approximate surface area is 273 Å². The number of ether oxygens (including phenoxy) is 7. The summed E-state index contributed by atoms with van der Waals surface area (Å²) in [5.41, 5.74) is 2.79. The van der Waals surface area contributed by atoms with Gasteiger partial charge in [-0.25, -0.2) is 4.79 Å². The van der Waals surface area contributed by atoms with Crippen molar-refractivity contribution in [2.75, 3.05) is 28.4 Å². The maximum Gasteiger partial charge on any atom is 0.361 e. The first-order valence-electron chi connectivity index (χ1n) is 14.7. The van der Waals surface area contributed by atoms with Gasteiger partial charge in [0.25, 0.3) is 0 Å². The number of nitrogens with zero attached hydrogens (tertiary/aromatic N) is 1. The summed E-state index contributed by atoms with van der Waals surface area (Å²) in [4.78, 5) is 49.9. The second kappa shape index (κ2) is 12.3. The highest BCUT2D eigenvalue weighted by molar-refractivity contribution is 6.17. The summed E-state index contributed by atoms with van der Waals surface area (Å²) in [6.45, 7) is 4.13. The number of methoxy groups -OCH3 is 4. The number of fused-ring (bicyclic) bond motifs is 7. The molecule has 0 fully saturated rings. The number of hydrogen-bond donors (Lipinski definition) is 0. The zero-order valence-electron chi connectivity index (χ0n) is 27.2. The molecule has 3 aromatic carbocycles. The van der Waals surface area contributed by atoms with Gasteiger partial charge in [-0.3, -0.25) is 14.4 Å². The maximum atomic E-state index is 13.9. The molecule has 0 bridgehead atoms. The van der Waals surface area contributed by atoms with Gasteiger partial charge in [0.15, 0.2) is 34.5 Å². The quantitative estimate of drug-likeness (QED) is 0.119. The van der Waals surface area contributed by atoms with Crippen molar-refractivity contribution >= 4 is 39.8 Å². The van der Waals surface area contributed by atoms with E-state index in [-0.39, 0.29) is 45.6 Å². The molecule has 6 rings (SSSR count). The fourth-order valence-electron chi connectivity index (χ4n) is 6.24. The van der Waals surface area contributed by atoms with E-state index in [1.54, 1.807) is 30.3 Å². The fourth-order valence-corrected chi connectivity index (χ4v) is 6.24. The normalized spacial score (nSPS) is 11.8. The number of aromatic nitrogens is 1. The third-order valence-electron chi connectivity index (χ3n) is 7.97. The predicted molar refractivity (Wildman–Crippen MR) is 173 cm³/mol. The minimum atomic E-state index is -0.642. The van der Waals surface area contributed by atoms with Crippen LogP contribution < -0.4 is 38.8 Å². The van der Waals surface area contributed by atoms with E-state index in [1.165, 1.54) is 55.3 Å². The van der Waals surface area contributed by atoms with Gasteiger partial charge in [0.2, 0.25) is 5.75 Å². The van der Waals surface area contributed by atoms with Crippen LogP contribution in [-0.2, 0) is 27.3 Å². The molecule has 0 amide bonds. The Morgan fingerprint density at radius 2 is 1.35 bits per heavy atom. The van der Waals surface area contributed by atoms with E-state index >= 15 is 0 Å². The highest BCUT2D eigenvalue weighted by atomic mass is 16.6. The van der Waals surface area contributed by atoms with Crippen molar-refractivity contribution in [1.29, 1.82) is 0 Å². The smallest absolute Gasteiger partial charge is 0.361 e. The maximum absolute atomic E-state index is 13.9. The summed E-state index contributed by atoms with van der Waals surface area (Å²) >= 11 is 0. The van der Waals surface area contributed by atoms with Crippen LogP contribution in [0.15, 0.2) is 45.6 Å². The van der Waals surface area contributed by atoms with Crippen molar-refractivity contribution in [2.24, 2.45) is 0 Å². The summed E-state index contributed by atoms with van der Waals surface area (Å²) in [6.07, 6.45) is 0.357. The summed E-state index contributed by atoms with van der Waals surface area (Å²) < 4.78 is 46.6. The molecule has 48 heavy (non-hydrogen) atoms. The van der Waals surface area contributed by atoms with Crippen molar-refractivity contribution < 1.29 is 52.0 Å². The van der Waals surface area contributed by atoms with Crippen LogP contribution in [0.3, 0.4) is 0 Å². The van der Waals surface area contributed by atoms with Crippen LogP contribution in [0.4, 0.5) is 0 Å². The lowest BCUT2D eigenvalue weighted by Gasteiger charge is -2.25. The molecule has 0 atom stereocenters. The SMILES string of the molecule is COc1cc(-c2c3n(c4c(=O)oc5cc(OC(C)=O)c(OC)cc5c24)CCc2c-3cc(OC)c(OC)c2OC(C)=O)ccc1OC(C)=O. The third kappa shape index (κ3) is 5.22. The van der Waals surface area contributed by atoms with Crippen LogP contribution in [0.25, 0.3) is 44.3 Å². The second-order valence-corrected chi connectivity index (χ2v) is 10.9. The number of aryl methyl sites for hydroxylation is 1. The molecule has 0 N–H and O–H groups in total. The predicted octanol–water partition coefficient (Wildman–Crippen LogP) is 5.45. The molecule has 0 saturated heterocycles. The van der Waals surface area contributed by atoms with Crippen molar-refractivity contribution in [1.82, 2.24) is 4.57 Å². The van der Waals surface area contributed by atoms with Gasteiger partial charge in [0.05, 0.1) is 34.1 Å². The standard InChI is InChI=1S/C35H31NO12/c1-16(37)45-23-9-8-19(12-25(23)41-4)29-30-22-14-26(42-5)27(46-17(2)38)15-24(22)48-35(40)32(30)36-11-10-20-21(31(29)36)13-28(43-6)34(44-7)33(20)47-18(3)39/h8-9,12-15H,10-11H2,1-7H3. The Kier molecular flexibility index (Phi) is 8.21. The van der Waals surface area contributed by atoms with Gasteiger partial charge in [-0.1, -0.05) is 6.07 Å². The molecule has 2 aromatic heterocycles. The number of esters is 3. The van der Waals surface area contributed by atoms with Crippen LogP contribution >= 0.6 is 0 Å². The molecule has 0 spiro atoms. The van der Waals surface area contributed by atoms with Crippen molar-refractivity contribution in [3.05, 3.63) is 52.4 Å². The highest BCUT2D eigenvalue weighted by Crippen LogP contribution is 2.53. The lowest BCUT2D eigenvalue weighted by molar-refractivity contribution is -0.133. The van der Waals surface area contributed by atoms with E-state index in [9.17, 15) is 19.2 Å². The van der Waals surface area contributed by atoms with Gasteiger partial charge in [-0.2, -0.15) is 0 Å². The zero-order chi connectivity index (χ0) is 34.4. The van der Waals surface area contributed by atoms with Gasteiger partial charge < -0.3 is 42.1 Å². The summed E-state index contributed by atoms with van der Waals surface area (Å²) in [5, 5.41) is 0.988. The zero-order valence-corrected chi connectivity index (χ0v) is 27.2. The number of benzene rings is 3. The highest BCUT2D eigenvalue weighted by Gasteiger charge is 2.34. The van der Waals surface area contributed by atoms with Crippen molar-refractivity contribution in [2.45, 2.75) is 33.7 Å². The minimum Gasteiger partial charge on any atom is -0.493 e. The molecule has 248 valence electrons. The Hall–Kier alpha value is -5.98. The molecule has 0 unspecified atom stereocenters. The number of hydrogen-bond acceptors (Lipinski definition) is 12. The van der Waals surface area contributed by atoms with Crippen LogP contribution in [0, 0.1) is 0 Å². The van der Waals surface area contributed by atoms with Crippen LogP contribution in [0.2, 0.25) is 0 Å². The van der Waals surface area contributed by atoms with Crippen LogP contribution in [0.5, 0.6) is 40.2 Å². The first-order chi connectivity index (χ1) is 23.0. The lowest BCUT2D eigenvalue weighted by Crippen LogP contribution is -2.17. The van der Waals surface area contributed by atoms with E-state index in [2.05, 4.69) is 0 Å². The summed E-state index contributed by atoms with van der Waals surface area (Å²) in [5.74, 6) is -0.144. The summed E-state index contributed by atoms with van der Waals surface area (Å²) in [6, 6.07) is 9.87. The van der Waals surface area contributed by atoms with E-state index < -0.39 is 23.5 Å². The number of carbonyl (C=O) groups is 3. The van der Waals surface area contributed by atoms with Gasteiger partial charge >= 0.3 is 23.5 Å². The fraction of sp³-hybridized carbons (Fsp3) is 0.257. The molecular formula is C35H31NO12. The minimum absolute atomic E-state index is 0.0751. The molecule has 0 radical (unpaired) electrons. The Morgan fingerprint density at radius 1 is 0.708 bits per heavy atom. The van der Waals surface area contributed by atoms with E-state index in [0.29, 0.717) is 57.4 Å². The molecule has 0 aliphatic carbocycles. The van der Waals surface area contributed by atoms with Crippen molar-refractivity contribution in [3.63, 3.8) is 0 Å². The van der Waals surface area contributed by atoms with Crippen LogP contribution in [-0.4, -0.2) is 50.9 Å². The number of rotatable bonds is 8. The Balaban J connectivity index is 1.81. The Morgan fingerprint density at radius 3 is 1.98 bits per heavy atom. The molecular weight excluding hydrogens is 626 g/mol. The van der Waals surface area contributed by atoms with Gasteiger partial charge in [-0.05, 0) is 36.2 Å². The molecule has 3 heterocycles. The van der Waals surface area contributed by atoms with Gasteiger partial charge in [0.1, 0.15) is 11.1 Å². The first kappa shape index (κ1) is 32.0. The second-order valence-electron chi connectivity index (χ2n) is 10.9. The molecule has 5 aromatic rings. The third-order valence-corrected chi connectivity index (χ3v) is 7.97. The molecule has 1 aliphatic rings. The Bertz CT molecular complexity index is 2230. The molecule has 13 nitrogen and oxygen atoms in total. The monoisotopic (exact) mass is 657 g/mol. The van der Waals surface area contributed by atoms with Gasteiger partial charge in [-0.15, -0.1) is 0 Å². The van der Waals surface area contributed by atoms with E-state index in [4.69, 9.17) is 37.6 Å². The largest absolute Gasteiger partial charge is 0.493 e. The first-order valence-corrected chi connectivity index (χ1v) is 14.7. The van der Waals surface area contributed by atoms with Gasteiger partial charge in [0, 0.05) is 60.8 Å². The van der Waals surface area contributed by atoms with Crippen LogP contribution in [0.1, 0.15) is 26.3 Å². The molecule has 0 saturated carbocycles. The number of carbonyl (C=O) groups excluding carboxylic acids is 3.